The van der Waals surface area contributed by atoms with Crippen LogP contribution in [0.15, 0.2) is 0 Å². The zero-order valence-corrected chi connectivity index (χ0v) is 5.68. The van der Waals surface area contributed by atoms with Gasteiger partial charge >= 0.3 is 0 Å². The van der Waals surface area contributed by atoms with Gasteiger partial charge in [0.05, 0.1) is 6.10 Å². The van der Waals surface area contributed by atoms with Crippen molar-refractivity contribution in [1.29, 1.82) is 0 Å². The SMILES string of the molecule is CO[C@@H](C)C1CCC1. The van der Waals surface area contributed by atoms with Crippen LogP contribution in [0.4, 0.5) is 0 Å². The van der Waals surface area contributed by atoms with E-state index in [9.17, 15) is 0 Å². The molecule has 1 nitrogen and oxygen atoms in total. The van der Waals surface area contributed by atoms with Crippen molar-refractivity contribution in [2.24, 2.45) is 5.92 Å². The Kier molecular flexibility index (Phi) is 1.90. The van der Waals surface area contributed by atoms with Crippen molar-refractivity contribution in [2.45, 2.75) is 32.3 Å². The largest absolute Gasteiger partial charge is 0.381 e. The molecule has 0 unspecified atom stereocenters. The maximum atomic E-state index is 5.15. The fourth-order valence-electron chi connectivity index (χ4n) is 1.10. The Morgan fingerprint density at radius 2 is 2.12 bits per heavy atom. The Hall–Kier alpha value is -0.0400. The monoisotopic (exact) mass is 114 g/mol. The third kappa shape index (κ3) is 1.03. The van der Waals surface area contributed by atoms with Crippen molar-refractivity contribution in [3.63, 3.8) is 0 Å². The molecule has 1 aliphatic rings. The van der Waals surface area contributed by atoms with Gasteiger partial charge in [0.25, 0.3) is 0 Å². The Bertz CT molecular complexity index is 64.0. The molecular formula is C7H14O. The van der Waals surface area contributed by atoms with Crippen LogP contribution in [0.1, 0.15) is 26.2 Å². The second-order valence-corrected chi connectivity index (χ2v) is 2.63. The van der Waals surface area contributed by atoms with Crippen LogP contribution in [0.2, 0.25) is 0 Å². The van der Waals surface area contributed by atoms with Crippen molar-refractivity contribution in [3.8, 4) is 0 Å². The van der Waals surface area contributed by atoms with E-state index in [2.05, 4.69) is 6.92 Å². The van der Waals surface area contributed by atoms with Crippen LogP contribution in [-0.2, 0) is 4.74 Å². The zero-order chi connectivity index (χ0) is 5.98. The first-order valence-corrected chi connectivity index (χ1v) is 3.37. The standard InChI is InChI=1S/C7H14O/c1-6(8-2)7-4-3-5-7/h6-7H,3-5H2,1-2H3/t6-/m0/s1. The predicted octanol–water partition coefficient (Wildman–Crippen LogP) is 1.82. The molecule has 48 valence electrons. The molecule has 1 saturated carbocycles. The van der Waals surface area contributed by atoms with Gasteiger partial charge in [0, 0.05) is 7.11 Å². The lowest BCUT2D eigenvalue weighted by Gasteiger charge is -2.30. The second kappa shape index (κ2) is 2.49. The molecule has 8 heavy (non-hydrogen) atoms. The molecule has 1 heteroatoms. The van der Waals surface area contributed by atoms with E-state index < -0.39 is 0 Å². The van der Waals surface area contributed by atoms with Gasteiger partial charge in [-0.3, -0.25) is 0 Å². The summed E-state index contributed by atoms with van der Waals surface area (Å²) in [5.74, 6) is 0.875. The summed E-state index contributed by atoms with van der Waals surface area (Å²) < 4.78 is 5.15. The van der Waals surface area contributed by atoms with E-state index in [-0.39, 0.29) is 0 Å². The molecule has 0 aliphatic heterocycles. The van der Waals surface area contributed by atoms with E-state index in [1.165, 1.54) is 19.3 Å². The van der Waals surface area contributed by atoms with Gasteiger partial charge in [-0.25, -0.2) is 0 Å². The molecule has 0 aromatic heterocycles. The smallest absolute Gasteiger partial charge is 0.0571 e. The summed E-state index contributed by atoms with van der Waals surface area (Å²) in [4.78, 5) is 0. The molecule has 0 spiro atoms. The summed E-state index contributed by atoms with van der Waals surface area (Å²) in [6.07, 6.45) is 4.69. The Morgan fingerprint density at radius 3 is 2.25 bits per heavy atom. The lowest BCUT2D eigenvalue weighted by molar-refractivity contribution is 0.0330. The lowest BCUT2D eigenvalue weighted by Crippen LogP contribution is -2.25. The normalized spacial score (nSPS) is 24.8. The van der Waals surface area contributed by atoms with Crippen LogP contribution in [-0.4, -0.2) is 13.2 Å². The minimum atomic E-state index is 0.503. The zero-order valence-electron chi connectivity index (χ0n) is 5.68. The maximum absolute atomic E-state index is 5.15. The highest BCUT2D eigenvalue weighted by atomic mass is 16.5. The first-order valence-electron chi connectivity index (χ1n) is 3.37. The minimum absolute atomic E-state index is 0.503. The molecular weight excluding hydrogens is 100 g/mol. The molecule has 0 radical (unpaired) electrons. The highest BCUT2D eigenvalue weighted by Crippen LogP contribution is 2.30. The molecule has 0 aromatic rings. The minimum Gasteiger partial charge on any atom is -0.381 e. The van der Waals surface area contributed by atoms with Gasteiger partial charge < -0.3 is 4.74 Å². The average Bonchev–Trinajstić information content (AvgIpc) is 1.62. The van der Waals surface area contributed by atoms with Gasteiger partial charge in [0.1, 0.15) is 0 Å². The highest BCUT2D eigenvalue weighted by Gasteiger charge is 2.22. The molecule has 1 aliphatic carbocycles. The van der Waals surface area contributed by atoms with Crippen molar-refractivity contribution in [3.05, 3.63) is 0 Å². The first kappa shape index (κ1) is 6.09. The van der Waals surface area contributed by atoms with E-state index in [1.54, 1.807) is 7.11 Å². The van der Waals surface area contributed by atoms with Crippen LogP contribution in [0.3, 0.4) is 0 Å². The van der Waals surface area contributed by atoms with Gasteiger partial charge in [0.2, 0.25) is 0 Å². The maximum Gasteiger partial charge on any atom is 0.0571 e. The van der Waals surface area contributed by atoms with Crippen molar-refractivity contribution in [2.75, 3.05) is 7.11 Å². The average molecular weight is 114 g/mol. The summed E-state index contributed by atoms with van der Waals surface area (Å²) in [5.41, 5.74) is 0. The molecule has 1 rings (SSSR count). The molecule has 1 fully saturated rings. The van der Waals surface area contributed by atoms with Crippen molar-refractivity contribution < 1.29 is 4.74 Å². The molecule has 0 heterocycles. The molecule has 1 atom stereocenters. The highest BCUT2D eigenvalue weighted by molar-refractivity contribution is 4.74. The van der Waals surface area contributed by atoms with Crippen LogP contribution in [0.5, 0.6) is 0 Å². The summed E-state index contributed by atoms with van der Waals surface area (Å²) in [6.45, 7) is 2.16. The second-order valence-electron chi connectivity index (χ2n) is 2.63. The van der Waals surface area contributed by atoms with Gasteiger partial charge in [0.15, 0.2) is 0 Å². The third-order valence-electron chi connectivity index (χ3n) is 2.19. The van der Waals surface area contributed by atoms with Crippen LogP contribution in [0, 0.1) is 5.92 Å². The van der Waals surface area contributed by atoms with E-state index in [4.69, 9.17) is 4.74 Å². The van der Waals surface area contributed by atoms with Crippen LogP contribution >= 0.6 is 0 Å². The summed E-state index contributed by atoms with van der Waals surface area (Å²) in [6, 6.07) is 0. The van der Waals surface area contributed by atoms with Crippen molar-refractivity contribution >= 4 is 0 Å². The first-order chi connectivity index (χ1) is 3.84. The summed E-state index contributed by atoms with van der Waals surface area (Å²) >= 11 is 0. The predicted molar refractivity (Wildman–Crippen MR) is 33.8 cm³/mol. The molecule has 0 saturated heterocycles. The summed E-state index contributed by atoms with van der Waals surface area (Å²) in [7, 11) is 1.79. The number of methoxy groups -OCH3 is 1. The molecule has 0 amide bonds. The molecule has 0 bridgehead atoms. The van der Waals surface area contributed by atoms with Gasteiger partial charge in [-0.15, -0.1) is 0 Å². The Morgan fingerprint density at radius 1 is 1.50 bits per heavy atom. The lowest BCUT2D eigenvalue weighted by atomic mass is 9.82. The van der Waals surface area contributed by atoms with E-state index in [1.807, 2.05) is 0 Å². The van der Waals surface area contributed by atoms with Gasteiger partial charge in [-0.2, -0.15) is 0 Å². The third-order valence-corrected chi connectivity index (χ3v) is 2.19. The van der Waals surface area contributed by atoms with Crippen LogP contribution < -0.4 is 0 Å². The molecule has 0 N–H and O–H groups in total. The number of hydrogen-bond acceptors (Lipinski definition) is 1. The van der Waals surface area contributed by atoms with E-state index in [0.717, 1.165) is 5.92 Å². The quantitative estimate of drug-likeness (QED) is 0.532. The number of ether oxygens (including phenoxy) is 1. The van der Waals surface area contributed by atoms with Gasteiger partial charge in [-0.05, 0) is 25.7 Å². The van der Waals surface area contributed by atoms with E-state index >= 15 is 0 Å². The van der Waals surface area contributed by atoms with E-state index in [0.29, 0.717) is 6.10 Å². The fourth-order valence-corrected chi connectivity index (χ4v) is 1.10. The van der Waals surface area contributed by atoms with Crippen LogP contribution in [0.25, 0.3) is 0 Å². The fraction of sp³-hybridized carbons (Fsp3) is 1.00. The number of hydrogen-bond donors (Lipinski definition) is 0. The summed E-state index contributed by atoms with van der Waals surface area (Å²) in [5, 5.41) is 0. The van der Waals surface area contributed by atoms with Crippen molar-refractivity contribution in [1.82, 2.24) is 0 Å². The Balaban J connectivity index is 2.13. The molecule has 0 aromatic carbocycles. The topological polar surface area (TPSA) is 9.23 Å². The number of rotatable bonds is 2. The van der Waals surface area contributed by atoms with Gasteiger partial charge in [-0.1, -0.05) is 6.42 Å². The Labute approximate surface area is 51.0 Å².